The molecular formula is C8H13N2+. The first-order valence-corrected chi connectivity index (χ1v) is 3.57. The minimum atomic E-state index is 0.826. The number of aryl methyl sites for hydroxylation is 1. The number of nitrogens with two attached hydrogens (primary N) is 1. The Morgan fingerprint density at radius 1 is 1.40 bits per heavy atom. The van der Waals surface area contributed by atoms with E-state index in [4.69, 9.17) is 5.73 Å². The van der Waals surface area contributed by atoms with Gasteiger partial charge < -0.3 is 5.73 Å². The van der Waals surface area contributed by atoms with E-state index >= 15 is 0 Å². The van der Waals surface area contributed by atoms with Crippen LogP contribution in [0.5, 0.6) is 0 Å². The van der Waals surface area contributed by atoms with Crippen LogP contribution in [0.2, 0.25) is 0 Å². The van der Waals surface area contributed by atoms with Crippen LogP contribution in [0.1, 0.15) is 13.3 Å². The van der Waals surface area contributed by atoms with Gasteiger partial charge in [0.2, 0.25) is 0 Å². The van der Waals surface area contributed by atoms with Crippen LogP contribution in [0.3, 0.4) is 0 Å². The average molecular weight is 137 g/mol. The number of aromatic nitrogens is 1. The topological polar surface area (TPSA) is 29.9 Å². The third kappa shape index (κ3) is 1.72. The third-order valence-corrected chi connectivity index (χ3v) is 1.40. The number of nitrogen functional groups attached to an aromatic ring is 1. The zero-order valence-electron chi connectivity index (χ0n) is 6.25. The summed E-state index contributed by atoms with van der Waals surface area (Å²) in [4.78, 5) is 0. The van der Waals surface area contributed by atoms with Gasteiger partial charge in [0.25, 0.3) is 0 Å². The van der Waals surface area contributed by atoms with Gasteiger partial charge >= 0.3 is 0 Å². The lowest BCUT2D eigenvalue weighted by Crippen LogP contribution is -2.31. The third-order valence-electron chi connectivity index (χ3n) is 1.40. The van der Waals surface area contributed by atoms with E-state index in [0.29, 0.717) is 0 Å². The van der Waals surface area contributed by atoms with Crippen LogP contribution in [0.25, 0.3) is 0 Å². The molecule has 2 N–H and O–H groups in total. The molecule has 0 amide bonds. The summed E-state index contributed by atoms with van der Waals surface area (Å²) in [5.41, 5.74) is 6.34. The molecule has 1 heterocycles. The maximum atomic E-state index is 5.51. The second-order valence-corrected chi connectivity index (χ2v) is 2.37. The zero-order chi connectivity index (χ0) is 7.40. The highest BCUT2D eigenvalue weighted by atomic mass is 14.9. The Kier molecular flexibility index (Phi) is 2.26. The van der Waals surface area contributed by atoms with Gasteiger partial charge in [-0.1, -0.05) is 6.92 Å². The summed E-state index contributed by atoms with van der Waals surface area (Å²) in [6.07, 6.45) is 5.16. The molecule has 0 saturated carbocycles. The Hall–Kier alpha value is -1.05. The van der Waals surface area contributed by atoms with Crippen molar-refractivity contribution in [1.82, 2.24) is 0 Å². The molecule has 0 aliphatic heterocycles. The molecule has 1 aromatic rings. The molecule has 0 aliphatic rings. The molecule has 2 heteroatoms. The standard InChI is InChI=1S/C8H12N2/c1-2-5-10-6-3-8(9)4-7-10/h3-4,6-7,9H,2,5H2,1H3/p+1. The van der Waals surface area contributed by atoms with Gasteiger partial charge in [-0.05, 0) is 0 Å². The lowest BCUT2D eigenvalue weighted by atomic mass is 10.4. The molecule has 0 radical (unpaired) electrons. The van der Waals surface area contributed by atoms with Crippen molar-refractivity contribution in [2.24, 2.45) is 0 Å². The van der Waals surface area contributed by atoms with Crippen LogP contribution >= 0.6 is 0 Å². The van der Waals surface area contributed by atoms with E-state index in [9.17, 15) is 0 Å². The lowest BCUT2D eigenvalue weighted by molar-refractivity contribution is -0.696. The molecule has 0 fully saturated rings. The van der Waals surface area contributed by atoms with Crippen molar-refractivity contribution in [2.45, 2.75) is 19.9 Å². The predicted octanol–water partition coefficient (Wildman–Crippen LogP) is 0.966. The fourth-order valence-corrected chi connectivity index (χ4v) is 0.876. The zero-order valence-corrected chi connectivity index (χ0v) is 6.25. The fraction of sp³-hybridized carbons (Fsp3) is 0.375. The molecule has 10 heavy (non-hydrogen) atoms. The smallest absolute Gasteiger partial charge is 0.170 e. The summed E-state index contributed by atoms with van der Waals surface area (Å²) in [6, 6.07) is 3.82. The second kappa shape index (κ2) is 3.20. The van der Waals surface area contributed by atoms with Crippen LogP contribution in [-0.4, -0.2) is 0 Å². The molecule has 0 spiro atoms. The monoisotopic (exact) mass is 137 g/mol. The summed E-state index contributed by atoms with van der Waals surface area (Å²) >= 11 is 0. The van der Waals surface area contributed by atoms with Gasteiger partial charge in [0, 0.05) is 24.2 Å². The largest absolute Gasteiger partial charge is 0.398 e. The molecule has 0 unspecified atom stereocenters. The quantitative estimate of drug-likeness (QED) is 0.605. The van der Waals surface area contributed by atoms with Crippen molar-refractivity contribution >= 4 is 5.69 Å². The molecule has 2 nitrogen and oxygen atoms in total. The molecule has 1 aromatic heterocycles. The Bertz CT molecular complexity index is 191. The number of anilines is 1. The minimum Gasteiger partial charge on any atom is -0.398 e. The van der Waals surface area contributed by atoms with Crippen LogP contribution < -0.4 is 10.3 Å². The van der Waals surface area contributed by atoms with Crippen molar-refractivity contribution in [1.29, 1.82) is 0 Å². The van der Waals surface area contributed by atoms with Gasteiger partial charge in [-0.15, -0.1) is 0 Å². The number of rotatable bonds is 2. The first-order valence-electron chi connectivity index (χ1n) is 3.57. The molecular weight excluding hydrogens is 124 g/mol. The molecule has 0 saturated heterocycles. The first-order chi connectivity index (χ1) is 4.83. The Labute approximate surface area is 61.3 Å². The molecule has 54 valence electrons. The van der Waals surface area contributed by atoms with E-state index in [1.54, 1.807) is 0 Å². The average Bonchev–Trinajstić information content (AvgIpc) is 1.95. The first kappa shape index (κ1) is 7.06. The Balaban J connectivity index is 2.69. The molecule has 0 bridgehead atoms. The maximum Gasteiger partial charge on any atom is 0.170 e. The minimum absolute atomic E-state index is 0.826. The highest BCUT2D eigenvalue weighted by molar-refractivity contribution is 5.32. The van der Waals surface area contributed by atoms with E-state index < -0.39 is 0 Å². The number of nitrogens with zero attached hydrogens (tertiary/aromatic N) is 1. The SMILES string of the molecule is CCC[n+]1ccc(N)cc1. The Morgan fingerprint density at radius 3 is 2.50 bits per heavy atom. The molecule has 0 atom stereocenters. The van der Waals surface area contributed by atoms with Crippen LogP contribution in [0.15, 0.2) is 24.5 Å². The molecule has 1 rings (SSSR count). The van der Waals surface area contributed by atoms with Gasteiger partial charge in [-0.3, -0.25) is 0 Å². The summed E-state index contributed by atoms with van der Waals surface area (Å²) < 4.78 is 2.12. The van der Waals surface area contributed by atoms with E-state index in [2.05, 4.69) is 11.5 Å². The van der Waals surface area contributed by atoms with E-state index in [1.165, 1.54) is 0 Å². The highest BCUT2D eigenvalue weighted by Gasteiger charge is 1.94. The van der Waals surface area contributed by atoms with Crippen LogP contribution in [-0.2, 0) is 6.54 Å². The maximum absolute atomic E-state index is 5.51. The van der Waals surface area contributed by atoms with Crippen molar-refractivity contribution in [3.8, 4) is 0 Å². The number of hydrogen-bond acceptors (Lipinski definition) is 1. The van der Waals surface area contributed by atoms with Gasteiger partial charge in [0.15, 0.2) is 12.4 Å². The van der Waals surface area contributed by atoms with Crippen LogP contribution in [0.4, 0.5) is 5.69 Å². The van der Waals surface area contributed by atoms with Gasteiger partial charge in [0.1, 0.15) is 6.54 Å². The van der Waals surface area contributed by atoms with E-state index in [-0.39, 0.29) is 0 Å². The van der Waals surface area contributed by atoms with E-state index in [0.717, 1.165) is 18.7 Å². The van der Waals surface area contributed by atoms with Gasteiger partial charge in [-0.2, -0.15) is 0 Å². The summed E-state index contributed by atoms with van der Waals surface area (Å²) in [5, 5.41) is 0. The summed E-state index contributed by atoms with van der Waals surface area (Å²) in [6.45, 7) is 3.23. The fourth-order valence-electron chi connectivity index (χ4n) is 0.876. The number of hydrogen-bond donors (Lipinski definition) is 1. The summed E-state index contributed by atoms with van der Waals surface area (Å²) in [5.74, 6) is 0. The van der Waals surface area contributed by atoms with Crippen molar-refractivity contribution in [2.75, 3.05) is 5.73 Å². The van der Waals surface area contributed by atoms with Crippen molar-refractivity contribution < 1.29 is 4.57 Å². The van der Waals surface area contributed by atoms with E-state index in [1.807, 2.05) is 24.5 Å². The Morgan fingerprint density at radius 2 is 2.00 bits per heavy atom. The van der Waals surface area contributed by atoms with Crippen LogP contribution in [0, 0.1) is 0 Å². The predicted molar refractivity (Wildman–Crippen MR) is 41.3 cm³/mol. The summed E-state index contributed by atoms with van der Waals surface area (Å²) in [7, 11) is 0. The second-order valence-electron chi connectivity index (χ2n) is 2.37. The molecule has 0 aromatic carbocycles. The normalized spacial score (nSPS) is 9.70. The van der Waals surface area contributed by atoms with Gasteiger partial charge in [0.05, 0.1) is 0 Å². The molecule has 0 aliphatic carbocycles. The lowest BCUT2D eigenvalue weighted by Gasteiger charge is -1.92. The number of pyridine rings is 1. The highest BCUT2D eigenvalue weighted by Crippen LogP contribution is 1.93. The van der Waals surface area contributed by atoms with Crippen molar-refractivity contribution in [3.05, 3.63) is 24.5 Å². The van der Waals surface area contributed by atoms with Crippen molar-refractivity contribution in [3.63, 3.8) is 0 Å². The van der Waals surface area contributed by atoms with Gasteiger partial charge in [-0.25, -0.2) is 4.57 Å².